The molecule has 0 radical (unpaired) electrons. The summed E-state index contributed by atoms with van der Waals surface area (Å²) in [5.41, 5.74) is 0.795. The quantitative estimate of drug-likeness (QED) is 0.0686. The number of esters is 1. The Morgan fingerprint density at radius 2 is 1.63 bits per heavy atom. The van der Waals surface area contributed by atoms with E-state index < -0.39 is 6.09 Å². The number of carbonyl (C=O) groups excluding carboxylic acids is 5. The van der Waals surface area contributed by atoms with Gasteiger partial charge >= 0.3 is 12.1 Å². The van der Waals surface area contributed by atoms with Crippen molar-refractivity contribution in [2.24, 2.45) is 52.3 Å². The molecule has 1 aromatic rings. The highest BCUT2D eigenvalue weighted by atomic mass is 16.6. The van der Waals surface area contributed by atoms with Gasteiger partial charge in [-0.2, -0.15) is 0 Å². The van der Waals surface area contributed by atoms with Crippen molar-refractivity contribution in [1.82, 2.24) is 5.32 Å². The average Bonchev–Trinajstić information content (AvgIpc) is 3.56. The van der Waals surface area contributed by atoms with Crippen LogP contribution in [0, 0.1) is 52.3 Å². The van der Waals surface area contributed by atoms with Crippen molar-refractivity contribution in [3.8, 4) is 5.75 Å². The summed E-state index contributed by atoms with van der Waals surface area (Å²) in [6.07, 6.45) is 10.5. The highest BCUT2D eigenvalue weighted by molar-refractivity contribution is 5.69. The first kappa shape index (κ1) is 42.8. The van der Waals surface area contributed by atoms with Gasteiger partial charge in [0.15, 0.2) is 0 Å². The molecule has 0 aromatic heterocycles. The SMILES string of the molecule is CCOC(=O)NCCOc1ccc(C[C@H]2CCCC[C@@H]2OC(=O)CC[C@@H](C)[C@H]2CC[C@H]3[C@@H]4[C@H](OC=O)C[C@@H]5C[C@H](OC=O)CC[C@]5(C)[C@H]4C[C@H](OC=O)[C@]23C)cc1. The van der Waals surface area contributed by atoms with Crippen molar-refractivity contribution in [1.29, 1.82) is 0 Å². The van der Waals surface area contributed by atoms with Gasteiger partial charge in [0.25, 0.3) is 19.4 Å². The molecule has 1 amide bonds. The van der Waals surface area contributed by atoms with E-state index in [1.807, 2.05) is 12.1 Å². The zero-order valence-corrected chi connectivity index (χ0v) is 34.4. The molecule has 0 heterocycles. The number of hydrogen-bond acceptors (Lipinski definition) is 11. The molecule has 0 unspecified atom stereocenters. The maximum absolute atomic E-state index is 13.5. The minimum Gasteiger partial charge on any atom is -0.492 e. The fourth-order valence-electron chi connectivity index (χ4n) is 12.6. The first-order valence-corrected chi connectivity index (χ1v) is 21.6. The molecular formula is C45H65NO11. The van der Waals surface area contributed by atoms with Gasteiger partial charge in [-0.05, 0) is 143 Å². The lowest BCUT2D eigenvalue weighted by Crippen LogP contribution is -2.63. The summed E-state index contributed by atoms with van der Waals surface area (Å²) < 4.78 is 34.3. The molecule has 12 heteroatoms. The lowest BCUT2D eigenvalue weighted by atomic mass is 9.43. The van der Waals surface area contributed by atoms with E-state index >= 15 is 0 Å². The lowest BCUT2D eigenvalue weighted by Gasteiger charge is -2.64. The molecule has 0 aliphatic heterocycles. The second kappa shape index (κ2) is 19.3. The predicted octanol–water partition coefficient (Wildman–Crippen LogP) is 7.38. The number of amides is 1. The van der Waals surface area contributed by atoms with Crippen LogP contribution in [-0.2, 0) is 49.3 Å². The molecule has 57 heavy (non-hydrogen) atoms. The number of ether oxygens (including phenoxy) is 6. The normalized spacial score (nSPS) is 36.1. The Labute approximate surface area is 338 Å². The fourth-order valence-corrected chi connectivity index (χ4v) is 12.6. The second-order valence-electron chi connectivity index (χ2n) is 18.1. The molecule has 6 rings (SSSR count). The molecule has 1 aromatic carbocycles. The monoisotopic (exact) mass is 795 g/mol. The van der Waals surface area contributed by atoms with E-state index in [-0.39, 0.29) is 82.6 Å². The van der Waals surface area contributed by atoms with Crippen LogP contribution < -0.4 is 10.1 Å². The van der Waals surface area contributed by atoms with E-state index in [9.17, 15) is 24.0 Å². The van der Waals surface area contributed by atoms with E-state index in [1.54, 1.807) is 6.92 Å². The topological polar surface area (TPSA) is 153 Å². The van der Waals surface area contributed by atoms with Crippen LogP contribution in [0.5, 0.6) is 5.75 Å². The summed E-state index contributed by atoms with van der Waals surface area (Å²) in [7, 11) is 0. The molecule has 5 aliphatic carbocycles. The van der Waals surface area contributed by atoms with Gasteiger partial charge in [0.1, 0.15) is 36.8 Å². The first-order valence-electron chi connectivity index (χ1n) is 21.6. The molecular weight excluding hydrogens is 730 g/mol. The Hall–Kier alpha value is -3.83. The van der Waals surface area contributed by atoms with E-state index in [1.165, 1.54) is 5.56 Å². The molecule has 1 N–H and O–H groups in total. The number of carbonyl (C=O) groups is 5. The number of rotatable bonds is 18. The van der Waals surface area contributed by atoms with E-state index in [0.29, 0.717) is 58.4 Å². The highest BCUT2D eigenvalue weighted by Gasteiger charge is 2.67. The van der Waals surface area contributed by atoms with Gasteiger partial charge in [0, 0.05) is 17.8 Å². The van der Waals surface area contributed by atoms with Crippen LogP contribution in [0.4, 0.5) is 4.79 Å². The zero-order valence-electron chi connectivity index (χ0n) is 34.4. The standard InChI is InChI=1S/C45H65NO11/c1-5-52-43(51)46-20-21-53-33-13-11-30(12-14-33)22-31-8-6-7-9-38(31)57-41(50)17-10-29(2)35-15-16-36-42-37(25-40(56-28-49)45(35,36)4)44(3)19-18-34(54-26-47)23-32(44)24-39(42)55-27-48/h11-14,26-29,31-32,34-40,42H,5-10,15-25H2,1-4H3,(H,46,51)/t29-,31-,32+,34-,35-,36+,37+,38+,39-,40+,42+,44+,45-/m1/s1. The molecule has 12 nitrogen and oxygen atoms in total. The molecule has 5 saturated carbocycles. The van der Waals surface area contributed by atoms with Crippen LogP contribution in [0.2, 0.25) is 0 Å². The minimum absolute atomic E-state index is 0.0461. The van der Waals surface area contributed by atoms with Crippen molar-refractivity contribution < 1.29 is 52.4 Å². The van der Waals surface area contributed by atoms with Crippen LogP contribution in [0.15, 0.2) is 24.3 Å². The molecule has 0 bridgehead atoms. The average molecular weight is 796 g/mol. The first-order chi connectivity index (χ1) is 27.5. The third-order valence-electron chi connectivity index (χ3n) is 15.4. The van der Waals surface area contributed by atoms with Gasteiger partial charge in [0.05, 0.1) is 13.2 Å². The van der Waals surface area contributed by atoms with Gasteiger partial charge in [-0.3, -0.25) is 19.2 Å². The van der Waals surface area contributed by atoms with Crippen LogP contribution in [0.25, 0.3) is 0 Å². The number of fused-ring (bicyclic) bond motifs is 5. The summed E-state index contributed by atoms with van der Waals surface area (Å²) in [6.45, 7) is 11.4. The summed E-state index contributed by atoms with van der Waals surface area (Å²) >= 11 is 0. The van der Waals surface area contributed by atoms with Crippen molar-refractivity contribution in [3.05, 3.63) is 29.8 Å². The van der Waals surface area contributed by atoms with Crippen LogP contribution in [-0.4, -0.2) is 75.7 Å². The summed E-state index contributed by atoms with van der Waals surface area (Å²) in [4.78, 5) is 60.2. The van der Waals surface area contributed by atoms with Gasteiger partial charge in [-0.1, -0.05) is 39.3 Å². The van der Waals surface area contributed by atoms with E-state index in [2.05, 4.69) is 38.2 Å². The van der Waals surface area contributed by atoms with Crippen molar-refractivity contribution in [3.63, 3.8) is 0 Å². The van der Waals surface area contributed by atoms with Crippen LogP contribution >= 0.6 is 0 Å². The molecule has 0 saturated heterocycles. The Morgan fingerprint density at radius 1 is 0.877 bits per heavy atom. The molecule has 5 aliphatic rings. The number of hydrogen-bond donors (Lipinski definition) is 1. The van der Waals surface area contributed by atoms with Crippen LogP contribution in [0.1, 0.15) is 117 Å². The van der Waals surface area contributed by atoms with Crippen molar-refractivity contribution >= 4 is 31.5 Å². The lowest BCUT2D eigenvalue weighted by molar-refractivity contribution is -0.218. The summed E-state index contributed by atoms with van der Waals surface area (Å²) in [5.74, 6) is 2.02. The maximum atomic E-state index is 13.5. The number of nitrogens with one attached hydrogen (secondary N) is 1. The third kappa shape index (κ3) is 9.40. The summed E-state index contributed by atoms with van der Waals surface area (Å²) in [5, 5.41) is 2.65. The Kier molecular flexibility index (Phi) is 14.5. The van der Waals surface area contributed by atoms with Gasteiger partial charge < -0.3 is 33.7 Å². The smallest absolute Gasteiger partial charge is 0.407 e. The van der Waals surface area contributed by atoms with Crippen molar-refractivity contribution in [2.45, 2.75) is 142 Å². The summed E-state index contributed by atoms with van der Waals surface area (Å²) in [6, 6.07) is 7.99. The largest absolute Gasteiger partial charge is 0.492 e. The molecule has 0 spiro atoms. The third-order valence-corrected chi connectivity index (χ3v) is 15.4. The van der Waals surface area contributed by atoms with Crippen molar-refractivity contribution in [2.75, 3.05) is 19.8 Å². The predicted molar refractivity (Wildman–Crippen MR) is 210 cm³/mol. The number of benzene rings is 1. The van der Waals surface area contributed by atoms with E-state index in [0.717, 1.165) is 76.4 Å². The molecule has 5 fully saturated rings. The maximum Gasteiger partial charge on any atom is 0.407 e. The zero-order chi connectivity index (χ0) is 40.6. The molecule has 316 valence electrons. The van der Waals surface area contributed by atoms with Crippen LogP contribution in [0.3, 0.4) is 0 Å². The fraction of sp³-hybridized carbons (Fsp3) is 0.756. The van der Waals surface area contributed by atoms with E-state index in [4.69, 9.17) is 28.4 Å². The highest BCUT2D eigenvalue weighted by Crippen LogP contribution is 2.69. The van der Waals surface area contributed by atoms with Gasteiger partial charge in [-0.25, -0.2) is 4.79 Å². The van der Waals surface area contributed by atoms with Gasteiger partial charge in [0.2, 0.25) is 0 Å². The Morgan fingerprint density at radius 3 is 2.37 bits per heavy atom. The minimum atomic E-state index is -0.454. The second-order valence-corrected chi connectivity index (χ2v) is 18.1. The van der Waals surface area contributed by atoms with Gasteiger partial charge in [-0.15, -0.1) is 0 Å². The number of alkyl carbamates (subject to hydrolysis) is 1. The molecule has 13 atom stereocenters. The Balaban J connectivity index is 1.05. The Bertz CT molecular complexity index is 1520.